The minimum atomic E-state index is 1.08. The highest BCUT2D eigenvalue weighted by atomic mass is 15.2. The minimum Gasteiger partial charge on any atom is -0.382 e. The van der Waals surface area contributed by atoms with Gasteiger partial charge in [-0.3, -0.25) is 0 Å². The van der Waals surface area contributed by atoms with E-state index >= 15 is 0 Å². The summed E-state index contributed by atoms with van der Waals surface area (Å²) in [6, 6.07) is 4.78. The SMILES string of the molecule is CCN1CCNc2cc3c(cc21)CCC3. The van der Waals surface area contributed by atoms with Crippen molar-refractivity contribution in [2.75, 3.05) is 29.9 Å². The average molecular weight is 202 g/mol. The summed E-state index contributed by atoms with van der Waals surface area (Å²) in [4.78, 5) is 2.48. The summed E-state index contributed by atoms with van der Waals surface area (Å²) in [6.07, 6.45) is 3.89. The fourth-order valence-corrected chi connectivity index (χ4v) is 2.79. The van der Waals surface area contributed by atoms with Crippen LogP contribution in [0.2, 0.25) is 0 Å². The van der Waals surface area contributed by atoms with E-state index in [2.05, 4.69) is 29.3 Å². The van der Waals surface area contributed by atoms with Crippen LogP contribution in [0.15, 0.2) is 12.1 Å². The lowest BCUT2D eigenvalue weighted by Gasteiger charge is -2.31. The van der Waals surface area contributed by atoms with E-state index in [0.29, 0.717) is 0 Å². The van der Waals surface area contributed by atoms with Gasteiger partial charge in [0, 0.05) is 19.6 Å². The lowest BCUT2D eigenvalue weighted by atomic mass is 10.1. The Morgan fingerprint density at radius 3 is 2.87 bits per heavy atom. The van der Waals surface area contributed by atoms with Gasteiger partial charge in [-0.2, -0.15) is 0 Å². The third-order valence-electron chi connectivity index (χ3n) is 3.63. The molecule has 0 unspecified atom stereocenters. The van der Waals surface area contributed by atoms with Crippen LogP contribution in [0, 0.1) is 0 Å². The number of rotatable bonds is 1. The van der Waals surface area contributed by atoms with Gasteiger partial charge in [0.2, 0.25) is 0 Å². The maximum atomic E-state index is 3.51. The van der Waals surface area contributed by atoms with Crippen LogP contribution in [-0.2, 0) is 12.8 Å². The van der Waals surface area contributed by atoms with Crippen molar-refractivity contribution in [1.29, 1.82) is 0 Å². The van der Waals surface area contributed by atoms with Crippen LogP contribution < -0.4 is 10.2 Å². The molecule has 1 N–H and O–H groups in total. The molecular weight excluding hydrogens is 184 g/mol. The topological polar surface area (TPSA) is 15.3 Å². The predicted molar refractivity (Wildman–Crippen MR) is 64.8 cm³/mol. The van der Waals surface area contributed by atoms with Gasteiger partial charge in [0.15, 0.2) is 0 Å². The second kappa shape index (κ2) is 3.44. The van der Waals surface area contributed by atoms with Crippen LogP contribution in [0.4, 0.5) is 11.4 Å². The van der Waals surface area contributed by atoms with Crippen molar-refractivity contribution in [3.63, 3.8) is 0 Å². The van der Waals surface area contributed by atoms with E-state index in [4.69, 9.17) is 0 Å². The quantitative estimate of drug-likeness (QED) is 0.752. The van der Waals surface area contributed by atoms with Gasteiger partial charge in [0.25, 0.3) is 0 Å². The zero-order valence-corrected chi connectivity index (χ0v) is 9.34. The van der Waals surface area contributed by atoms with Gasteiger partial charge in [-0.25, -0.2) is 0 Å². The molecule has 0 radical (unpaired) electrons. The summed E-state index contributed by atoms with van der Waals surface area (Å²) in [7, 11) is 0. The van der Waals surface area contributed by atoms with Gasteiger partial charge in [0.05, 0.1) is 11.4 Å². The molecule has 0 bridgehead atoms. The van der Waals surface area contributed by atoms with E-state index in [1.54, 1.807) is 11.1 Å². The molecule has 0 spiro atoms. The third-order valence-corrected chi connectivity index (χ3v) is 3.63. The number of likely N-dealkylation sites (N-methyl/N-ethyl adjacent to an activating group) is 1. The van der Waals surface area contributed by atoms with E-state index < -0.39 is 0 Å². The molecule has 0 amide bonds. The third kappa shape index (κ3) is 1.39. The second-order valence-corrected chi connectivity index (χ2v) is 4.50. The molecule has 1 aromatic carbocycles. The first kappa shape index (κ1) is 9.08. The zero-order chi connectivity index (χ0) is 10.3. The Morgan fingerprint density at radius 1 is 1.27 bits per heavy atom. The minimum absolute atomic E-state index is 1.08. The number of hydrogen-bond acceptors (Lipinski definition) is 2. The molecule has 2 heteroatoms. The largest absolute Gasteiger partial charge is 0.382 e. The summed E-state index contributed by atoms with van der Waals surface area (Å²) in [6.45, 7) is 5.58. The molecular formula is C13H18N2. The van der Waals surface area contributed by atoms with Crippen molar-refractivity contribution < 1.29 is 0 Å². The highest BCUT2D eigenvalue weighted by molar-refractivity contribution is 5.74. The monoisotopic (exact) mass is 202 g/mol. The van der Waals surface area contributed by atoms with Crippen molar-refractivity contribution in [2.45, 2.75) is 26.2 Å². The molecule has 1 aliphatic carbocycles. The van der Waals surface area contributed by atoms with Crippen molar-refractivity contribution >= 4 is 11.4 Å². The molecule has 1 heterocycles. The van der Waals surface area contributed by atoms with E-state index in [1.165, 1.54) is 30.6 Å². The van der Waals surface area contributed by atoms with Gasteiger partial charge < -0.3 is 10.2 Å². The molecule has 80 valence electrons. The van der Waals surface area contributed by atoms with Crippen LogP contribution >= 0.6 is 0 Å². The van der Waals surface area contributed by atoms with Crippen LogP contribution in [0.5, 0.6) is 0 Å². The molecule has 0 fully saturated rings. The van der Waals surface area contributed by atoms with Gasteiger partial charge in [0.1, 0.15) is 0 Å². The zero-order valence-electron chi connectivity index (χ0n) is 9.34. The Bertz CT molecular complexity index is 384. The first-order valence-corrected chi connectivity index (χ1v) is 6.03. The smallest absolute Gasteiger partial charge is 0.0605 e. The molecule has 1 aliphatic heterocycles. The molecule has 0 aromatic heterocycles. The summed E-state index contributed by atoms with van der Waals surface area (Å²) in [5.74, 6) is 0. The number of nitrogens with one attached hydrogen (secondary N) is 1. The predicted octanol–water partition coefficient (Wildman–Crippen LogP) is 2.43. The van der Waals surface area contributed by atoms with Gasteiger partial charge in [-0.1, -0.05) is 0 Å². The number of hydrogen-bond donors (Lipinski definition) is 1. The summed E-state index contributed by atoms with van der Waals surface area (Å²) in [5, 5.41) is 3.51. The summed E-state index contributed by atoms with van der Waals surface area (Å²) < 4.78 is 0. The Balaban J connectivity index is 2.08. The first-order chi connectivity index (χ1) is 7.38. The Labute approximate surface area is 91.3 Å². The van der Waals surface area contributed by atoms with Crippen LogP contribution in [0.3, 0.4) is 0 Å². The van der Waals surface area contributed by atoms with Crippen molar-refractivity contribution in [3.8, 4) is 0 Å². The van der Waals surface area contributed by atoms with Crippen molar-refractivity contribution in [1.82, 2.24) is 0 Å². The molecule has 1 aromatic rings. The lowest BCUT2D eigenvalue weighted by Crippen LogP contribution is -2.33. The summed E-state index contributed by atoms with van der Waals surface area (Å²) in [5.41, 5.74) is 5.92. The maximum Gasteiger partial charge on any atom is 0.0605 e. The second-order valence-electron chi connectivity index (χ2n) is 4.50. The maximum absolute atomic E-state index is 3.51. The standard InChI is InChI=1S/C13H18N2/c1-2-15-7-6-14-12-8-10-4-3-5-11(10)9-13(12)15/h8-9,14H,2-7H2,1H3. The molecule has 3 rings (SSSR count). The van der Waals surface area contributed by atoms with Gasteiger partial charge in [-0.15, -0.1) is 0 Å². The number of fused-ring (bicyclic) bond motifs is 2. The van der Waals surface area contributed by atoms with E-state index in [-0.39, 0.29) is 0 Å². The highest BCUT2D eigenvalue weighted by Gasteiger charge is 2.19. The first-order valence-electron chi connectivity index (χ1n) is 6.03. The lowest BCUT2D eigenvalue weighted by molar-refractivity contribution is 0.813. The van der Waals surface area contributed by atoms with Crippen LogP contribution in [0.25, 0.3) is 0 Å². The molecule has 15 heavy (non-hydrogen) atoms. The molecule has 0 saturated carbocycles. The van der Waals surface area contributed by atoms with E-state index in [0.717, 1.165) is 19.6 Å². The molecule has 2 aliphatic rings. The summed E-state index contributed by atoms with van der Waals surface area (Å²) >= 11 is 0. The van der Waals surface area contributed by atoms with Crippen LogP contribution in [-0.4, -0.2) is 19.6 Å². The van der Waals surface area contributed by atoms with Crippen molar-refractivity contribution in [2.24, 2.45) is 0 Å². The Kier molecular flexibility index (Phi) is 2.08. The van der Waals surface area contributed by atoms with Crippen molar-refractivity contribution in [3.05, 3.63) is 23.3 Å². The normalized spacial score (nSPS) is 18.3. The average Bonchev–Trinajstić information content (AvgIpc) is 2.72. The van der Waals surface area contributed by atoms with E-state index in [1.807, 2.05) is 0 Å². The Morgan fingerprint density at radius 2 is 2.07 bits per heavy atom. The fourth-order valence-electron chi connectivity index (χ4n) is 2.79. The van der Waals surface area contributed by atoms with Crippen LogP contribution in [0.1, 0.15) is 24.5 Å². The number of anilines is 2. The molecule has 0 saturated heterocycles. The molecule has 0 atom stereocenters. The fraction of sp³-hybridized carbons (Fsp3) is 0.538. The highest BCUT2D eigenvalue weighted by Crippen LogP contribution is 2.35. The van der Waals surface area contributed by atoms with Gasteiger partial charge in [-0.05, 0) is 49.4 Å². The number of aryl methyl sites for hydroxylation is 2. The number of nitrogens with zero attached hydrogens (tertiary/aromatic N) is 1. The van der Waals surface area contributed by atoms with Gasteiger partial charge >= 0.3 is 0 Å². The number of benzene rings is 1. The van der Waals surface area contributed by atoms with E-state index in [9.17, 15) is 0 Å². The Hall–Kier alpha value is -1.18. The molecule has 2 nitrogen and oxygen atoms in total.